The minimum Gasteiger partial charge on any atom is -0.363 e. The lowest BCUT2D eigenvalue weighted by Crippen LogP contribution is -2.14. The number of nitrogens with one attached hydrogen (secondary N) is 1. The first-order valence-corrected chi connectivity index (χ1v) is 10.3. The van der Waals surface area contributed by atoms with Gasteiger partial charge in [0.2, 0.25) is 0 Å². The van der Waals surface area contributed by atoms with Crippen molar-refractivity contribution >= 4 is 40.3 Å². The summed E-state index contributed by atoms with van der Waals surface area (Å²) in [6, 6.07) is 20.4. The quantitative estimate of drug-likeness (QED) is 0.460. The fourth-order valence-corrected chi connectivity index (χ4v) is 3.98. The van der Waals surface area contributed by atoms with Gasteiger partial charge < -0.3 is 10.2 Å². The molecule has 1 N–H and O–H groups in total. The molecule has 5 rings (SSSR count). The van der Waals surface area contributed by atoms with Crippen LogP contribution in [0.4, 0.5) is 17.1 Å². The second-order valence-electron chi connectivity index (χ2n) is 7.19. The van der Waals surface area contributed by atoms with Gasteiger partial charge in [-0.25, -0.2) is 0 Å². The number of anilines is 3. The van der Waals surface area contributed by atoms with E-state index in [9.17, 15) is 0 Å². The highest BCUT2D eigenvalue weighted by atomic mass is 35.5. The van der Waals surface area contributed by atoms with Gasteiger partial charge in [-0.2, -0.15) is 4.80 Å². The van der Waals surface area contributed by atoms with Crippen LogP contribution in [0.3, 0.4) is 0 Å². The van der Waals surface area contributed by atoms with Gasteiger partial charge in [-0.1, -0.05) is 47.5 Å². The molecule has 0 saturated heterocycles. The van der Waals surface area contributed by atoms with Crippen molar-refractivity contribution in [1.82, 2.24) is 20.2 Å². The standard InChI is InChI=1S/C22H18Cl2N6/c23-20-8-7-19(10-21(20)24)29-11-15-5-6-18(9-17(15)12-29)27-22-4-2-1-3-16(22)13-30-26-14-25-28-30/h1-10,14,27H,11-13H2. The van der Waals surface area contributed by atoms with Crippen molar-refractivity contribution in [2.24, 2.45) is 0 Å². The van der Waals surface area contributed by atoms with Crippen LogP contribution in [-0.2, 0) is 19.6 Å². The fourth-order valence-electron chi connectivity index (χ4n) is 3.69. The van der Waals surface area contributed by atoms with Gasteiger partial charge in [-0.05, 0) is 58.3 Å². The Kier molecular flexibility index (Phi) is 5.02. The summed E-state index contributed by atoms with van der Waals surface area (Å²) in [6.07, 6.45) is 1.44. The molecule has 3 aromatic carbocycles. The van der Waals surface area contributed by atoms with Gasteiger partial charge in [0, 0.05) is 30.2 Å². The van der Waals surface area contributed by atoms with E-state index in [2.05, 4.69) is 56.0 Å². The van der Waals surface area contributed by atoms with Crippen molar-refractivity contribution < 1.29 is 0 Å². The highest BCUT2D eigenvalue weighted by Crippen LogP contribution is 2.34. The van der Waals surface area contributed by atoms with Gasteiger partial charge in [0.25, 0.3) is 0 Å². The summed E-state index contributed by atoms with van der Waals surface area (Å²) in [5.41, 5.74) is 6.83. The van der Waals surface area contributed by atoms with Crippen molar-refractivity contribution in [1.29, 1.82) is 0 Å². The van der Waals surface area contributed by atoms with E-state index in [0.29, 0.717) is 16.6 Å². The molecule has 6 nitrogen and oxygen atoms in total. The van der Waals surface area contributed by atoms with Crippen LogP contribution in [0.2, 0.25) is 10.0 Å². The van der Waals surface area contributed by atoms with Crippen molar-refractivity contribution in [2.45, 2.75) is 19.6 Å². The average Bonchev–Trinajstić information content (AvgIpc) is 3.41. The van der Waals surface area contributed by atoms with Crippen LogP contribution in [0.5, 0.6) is 0 Å². The molecular formula is C22H18Cl2N6. The van der Waals surface area contributed by atoms with Gasteiger partial charge in [0.15, 0.2) is 6.33 Å². The second kappa shape index (κ2) is 7.97. The Bertz CT molecular complexity index is 1190. The minimum absolute atomic E-state index is 0.555. The van der Waals surface area contributed by atoms with Gasteiger partial charge in [0.05, 0.1) is 16.6 Å². The molecule has 0 atom stereocenters. The van der Waals surface area contributed by atoms with Crippen LogP contribution in [0.15, 0.2) is 67.0 Å². The number of para-hydroxylation sites is 1. The maximum atomic E-state index is 6.20. The van der Waals surface area contributed by atoms with Gasteiger partial charge in [-0.15, -0.1) is 10.2 Å². The molecule has 1 aliphatic rings. The van der Waals surface area contributed by atoms with E-state index in [-0.39, 0.29) is 0 Å². The molecule has 0 amide bonds. The third-order valence-corrected chi connectivity index (χ3v) is 5.94. The molecule has 8 heteroatoms. The Morgan fingerprint density at radius 1 is 0.900 bits per heavy atom. The Hall–Kier alpha value is -3.09. The lowest BCUT2D eigenvalue weighted by atomic mass is 10.1. The topological polar surface area (TPSA) is 58.9 Å². The number of halogens is 2. The number of hydrogen-bond donors (Lipinski definition) is 1. The molecule has 2 heterocycles. The Morgan fingerprint density at radius 2 is 1.77 bits per heavy atom. The largest absolute Gasteiger partial charge is 0.363 e. The molecule has 0 bridgehead atoms. The SMILES string of the molecule is Clc1ccc(N2Cc3ccc(Nc4ccccc4Cn4ncnn4)cc3C2)cc1Cl. The monoisotopic (exact) mass is 436 g/mol. The Morgan fingerprint density at radius 3 is 2.60 bits per heavy atom. The van der Waals surface area contributed by atoms with Crippen LogP contribution in [0.1, 0.15) is 16.7 Å². The third-order valence-electron chi connectivity index (χ3n) is 5.20. The first-order valence-electron chi connectivity index (χ1n) is 9.53. The van der Waals surface area contributed by atoms with Crippen LogP contribution in [0, 0.1) is 0 Å². The molecule has 30 heavy (non-hydrogen) atoms. The number of rotatable bonds is 5. The Balaban J connectivity index is 1.35. The summed E-state index contributed by atoms with van der Waals surface area (Å²) < 4.78 is 0. The number of hydrogen-bond acceptors (Lipinski definition) is 5. The molecule has 4 aromatic rings. The zero-order valence-electron chi connectivity index (χ0n) is 16.0. The van der Waals surface area contributed by atoms with Crippen molar-refractivity contribution in [3.63, 3.8) is 0 Å². The average molecular weight is 437 g/mol. The highest BCUT2D eigenvalue weighted by molar-refractivity contribution is 6.42. The number of tetrazole rings is 1. The van der Waals surface area contributed by atoms with Gasteiger partial charge in [0.1, 0.15) is 0 Å². The summed E-state index contributed by atoms with van der Waals surface area (Å²) in [7, 11) is 0. The lowest BCUT2D eigenvalue weighted by molar-refractivity contribution is 0.573. The predicted octanol–water partition coefficient (Wildman–Crippen LogP) is 5.29. The normalized spacial score (nSPS) is 12.8. The number of benzene rings is 3. The molecule has 0 spiro atoms. The van der Waals surface area contributed by atoms with Gasteiger partial charge in [-0.3, -0.25) is 0 Å². The molecule has 0 unspecified atom stereocenters. The number of aromatic nitrogens is 4. The second-order valence-corrected chi connectivity index (χ2v) is 8.00. The molecule has 0 saturated carbocycles. The van der Waals surface area contributed by atoms with E-state index in [1.165, 1.54) is 17.5 Å². The van der Waals surface area contributed by atoms with Crippen LogP contribution < -0.4 is 10.2 Å². The molecule has 0 aliphatic carbocycles. The summed E-state index contributed by atoms with van der Waals surface area (Å²) in [5.74, 6) is 0. The van der Waals surface area contributed by atoms with E-state index in [1.54, 1.807) is 4.80 Å². The molecule has 150 valence electrons. The third kappa shape index (κ3) is 3.84. The zero-order valence-corrected chi connectivity index (χ0v) is 17.5. The van der Waals surface area contributed by atoms with Crippen LogP contribution >= 0.6 is 23.2 Å². The van der Waals surface area contributed by atoms with E-state index < -0.39 is 0 Å². The van der Waals surface area contributed by atoms with Crippen LogP contribution in [-0.4, -0.2) is 20.2 Å². The zero-order chi connectivity index (χ0) is 20.5. The first-order chi connectivity index (χ1) is 14.7. The first kappa shape index (κ1) is 18.9. The molecule has 1 aliphatic heterocycles. The van der Waals surface area contributed by atoms with E-state index in [0.717, 1.165) is 35.7 Å². The summed E-state index contributed by atoms with van der Waals surface area (Å²) in [5, 5.41) is 16.5. The van der Waals surface area contributed by atoms with Gasteiger partial charge >= 0.3 is 0 Å². The van der Waals surface area contributed by atoms with Crippen LogP contribution in [0.25, 0.3) is 0 Å². The predicted molar refractivity (Wildman–Crippen MR) is 119 cm³/mol. The maximum Gasteiger partial charge on any atom is 0.162 e. The van der Waals surface area contributed by atoms with E-state index in [1.807, 2.05) is 30.3 Å². The lowest BCUT2D eigenvalue weighted by Gasteiger charge is -2.18. The number of fused-ring (bicyclic) bond motifs is 1. The fraction of sp³-hybridized carbons (Fsp3) is 0.136. The van der Waals surface area contributed by atoms with Crippen molar-refractivity contribution in [2.75, 3.05) is 10.2 Å². The smallest absolute Gasteiger partial charge is 0.162 e. The van der Waals surface area contributed by atoms with E-state index in [4.69, 9.17) is 23.2 Å². The minimum atomic E-state index is 0.555. The number of nitrogens with zero attached hydrogens (tertiary/aromatic N) is 5. The summed E-state index contributed by atoms with van der Waals surface area (Å²) in [4.78, 5) is 3.86. The molecular weight excluding hydrogens is 419 g/mol. The molecule has 0 fully saturated rings. The maximum absolute atomic E-state index is 6.20. The van der Waals surface area contributed by atoms with E-state index >= 15 is 0 Å². The van der Waals surface area contributed by atoms with Crippen molar-refractivity contribution in [3.05, 3.63) is 93.7 Å². The Labute approximate surface area is 184 Å². The highest BCUT2D eigenvalue weighted by Gasteiger charge is 2.20. The summed E-state index contributed by atoms with van der Waals surface area (Å²) in [6.45, 7) is 2.23. The molecule has 1 aromatic heterocycles. The molecule has 0 radical (unpaired) electrons. The van der Waals surface area contributed by atoms with Crippen molar-refractivity contribution in [3.8, 4) is 0 Å². The summed E-state index contributed by atoms with van der Waals surface area (Å²) >= 11 is 12.3.